The molecule has 6 nitrogen and oxygen atoms in total. The minimum Gasteiger partial charge on any atom is -0.489 e. The molecule has 0 bridgehead atoms. The summed E-state index contributed by atoms with van der Waals surface area (Å²) in [7, 11) is 0. The average molecular weight is 405 g/mol. The third-order valence-corrected chi connectivity index (χ3v) is 4.06. The number of halogens is 1. The molecule has 152 valence electrons. The fourth-order valence-corrected chi connectivity index (χ4v) is 2.51. The van der Waals surface area contributed by atoms with Gasteiger partial charge in [-0.25, -0.2) is 9.82 Å². The Morgan fingerprint density at radius 1 is 0.900 bits per heavy atom. The number of benzene rings is 3. The van der Waals surface area contributed by atoms with Crippen molar-refractivity contribution in [1.29, 1.82) is 0 Å². The number of nitrogens with zero attached hydrogens (tertiary/aromatic N) is 1. The van der Waals surface area contributed by atoms with Crippen LogP contribution in [0.25, 0.3) is 0 Å². The topological polar surface area (TPSA) is 79.8 Å². The zero-order valence-corrected chi connectivity index (χ0v) is 16.0. The number of hydrogen-bond acceptors (Lipinski definition) is 4. The monoisotopic (exact) mass is 405 g/mol. The molecule has 2 N–H and O–H groups in total. The van der Waals surface area contributed by atoms with Gasteiger partial charge in [0.25, 0.3) is 0 Å². The highest BCUT2D eigenvalue weighted by Gasteiger charge is 2.11. The van der Waals surface area contributed by atoms with Gasteiger partial charge in [0.15, 0.2) is 0 Å². The number of hydrogen-bond donors (Lipinski definition) is 2. The first kappa shape index (κ1) is 20.7. The summed E-state index contributed by atoms with van der Waals surface area (Å²) in [5.41, 5.74) is 4.60. The van der Waals surface area contributed by atoms with Crippen LogP contribution in [-0.4, -0.2) is 18.0 Å². The lowest BCUT2D eigenvalue weighted by atomic mass is 10.2. The summed E-state index contributed by atoms with van der Waals surface area (Å²) in [6.45, 7) is 0.545. The predicted molar refractivity (Wildman–Crippen MR) is 111 cm³/mol. The number of carbonyl (C=O) groups excluding carboxylic acids is 2. The van der Waals surface area contributed by atoms with Crippen LogP contribution in [-0.2, 0) is 22.7 Å². The molecular formula is C23H20FN3O3. The van der Waals surface area contributed by atoms with Crippen LogP contribution < -0.4 is 15.5 Å². The van der Waals surface area contributed by atoms with Crippen LogP contribution in [0.15, 0.2) is 84.0 Å². The lowest BCUT2D eigenvalue weighted by molar-refractivity contribution is -0.139. The maximum atomic E-state index is 12.9. The van der Waals surface area contributed by atoms with Crippen LogP contribution in [0, 0.1) is 5.82 Å². The molecule has 0 unspecified atom stereocenters. The summed E-state index contributed by atoms with van der Waals surface area (Å²) in [4.78, 5) is 23.6. The van der Waals surface area contributed by atoms with Gasteiger partial charge in [0, 0.05) is 6.54 Å². The summed E-state index contributed by atoms with van der Waals surface area (Å²) in [5.74, 6) is -1.33. The van der Waals surface area contributed by atoms with E-state index in [0.717, 1.165) is 11.1 Å². The Morgan fingerprint density at radius 3 is 2.43 bits per heavy atom. The highest BCUT2D eigenvalue weighted by atomic mass is 19.1. The molecule has 0 aromatic heterocycles. The van der Waals surface area contributed by atoms with Crippen molar-refractivity contribution in [3.8, 4) is 5.75 Å². The fourth-order valence-electron chi connectivity index (χ4n) is 2.51. The Bertz CT molecular complexity index is 1020. The quantitative estimate of drug-likeness (QED) is 0.360. The normalized spacial score (nSPS) is 10.6. The van der Waals surface area contributed by atoms with Gasteiger partial charge >= 0.3 is 11.8 Å². The van der Waals surface area contributed by atoms with E-state index in [1.807, 2.05) is 30.3 Å². The number of nitrogens with one attached hydrogen (secondary N) is 2. The molecule has 3 aromatic rings. The Kier molecular flexibility index (Phi) is 7.27. The average Bonchev–Trinajstić information content (AvgIpc) is 2.78. The lowest BCUT2D eigenvalue weighted by Gasteiger charge is -2.07. The van der Waals surface area contributed by atoms with Gasteiger partial charge in [0.05, 0.1) is 6.21 Å². The van der Waals surface area contributed by atoms with Crippen LogP contribution in [0.2, 0.25) is 0 Å². The molecule has 0 heterocycles. The van der Waals surface area contributed by atoms with Crippen molar-refractivity contribution in [3.05, 3.63) is 101 Å². The first-order chi connectivity index (χ1) is 14.6. The van der Waals surface area contributed by atoms with Crippen molar-refractivity contribution >= 4 is 18.0 Å². The van der Waals surface area contributed by atoms with Crippen LogP contribution in [0.4, 0.5) is 4.39 Å². The summed E-state index contributed by atoms with van der Waals surface area (Å²) in [5, 5.41) is 6.33. The number of hydrazone groups is 1. The zero-order valence-electron chi connectivity index (χ0n) is 16.0. The smallest absolute Gasteiger partial charge is 0.329 e. The van der Waals surface area contributed by atoms with E-state index in [-0.39, 0.29) is 12.4 Å². The first-order valence-corrected chi connectivity index (χ1v) is 9.22. The van der Waals surface area contributed by atoms with Gasteiger partial charge in [0.1, 0.15) is 18.2 Å². The van der Waals surface area contributed by atoms with Crippen LogP contribution in [0.3, 0.4) is 0 Å². The predicted octanol–water partition coefficient (Wildman–Crippen LogP) is 3.17. The third-order valence-electron chi connectivity index (χ3n) is 4.06. The van der Waals surface area contributed by atoms with Crippen LogP contribution in [0.1, 0.15) is 16.7 Å². The Balaban J connectivity index is 1.47. The summed E-state index contributed by atoms with van der Waals surface area (Å²) < 4.78 is 18.6. The number of ether oxygens (including phenoxy) is 1. The molecule has 3 rings (SSSR count). The van der Waals surface area contributed by atoms with Crippen molar-refractivity contribution in [3.63, 3.8) is 0 Å². The van der Waals surface area contributed by atoms with Crippen molar-refractivity contribution in [2.24, 2.45) is 5.10 Å². The molecule has 0 saturated heterocycles. The van der Waals surface area contributed by atoms with Gasteiger partial charge in [-0.1, -0.05) is 54.6 Å². The second-order valence-corrected chi connectivity index (χ2v) is 6.36. The molecular weight excluding hydrogens is 385 g/mol. The molecule has 0 aliphatic rings. The minimum atomic E-state index is -0.856. The number of amides is 2. The van der Waals surface area contributed by atoms with Crippen LogP contribution >= 0.6 is 0 Å². The van der Waals surface area contributed by atoms with E-state index in [1.54, 1.807) is 36.4 Å². The van der Waals surface area contributed by atoms with Gasteiger partial charge in [-0.15, -0.1) is 0 Å². The van der Waals surface area contributed by atoms with E-state index in [1.165, 1.54) is 18.3 Å². The van der Waals surface area contributed by atoms with E-state index in [9.17, 15) is 14.0 Å². The fraction of sp³-hybridized carbons (Fsp3) is 0.0870. The Morgan fingerprint density at radius 2 is 1.67 bits per heavy atom. The molecule has 7 heteroatoms. The third kappa shape index (κ3) is 6.56. The number of rotatable bonds is 7. The minimum absolute atomic E-state index is 0.254. The molecule has 30 heavy (non-hydrogen) atoms. The largest absolute Gasteiger partial charge is 0.489 e. The van der Waals surface area contributed by atoms with E-state index < -0.39 is 11.8 Å². The van der Waals surface area contributed by atoms with Crippen molar-refractivity contribution < 1.29 is 18.7 Å². The van der Waals surface area contributed by atoms with Crippen LogP contribution in [0.5, 0.6) is 5.75 Å². The SMILES string of the molecule is O=C(NCc1ccccc1)C(=O)N/N=C\c1cccc(OCc2ccc(F)cc2)c1. The van der Waals surface area contributed by atoms with Crippen molar-refractivity contribution in [1.82, 2.24) is 10.7 Å². The van der Waals surface area contributed by atoms with Gasteiger partial charge in [-0.05, 0) is 41.0 Å². The Labute approximate surface area is 173 Å². The first-order valence-electron chi connectivity index (χ1n) is 9.22. The maximum Gasteiger partial charge on any atom is 0.329 e. The second kappa shape index (κ2) is 10.5. The zero-order chi connectivity index (χ0) is 21.2. The molecule has 0 aliphatic carbocycles. The van der Waals surface area contributed by atoms with Crippen molar-refractivity contribution in [2.45, 2.75) is 13.2 Å². The molecule has 0 radical (unpaired) electrons. The van der Waals surface area contributed by atoms with Gasteiger partial charge in [0.2, 0.25) is 0 Å². The van der Waals surface area contributed by atoms with E-state index in [4.69, 9.17) is 4.74 Å². The van der Waals surface area contributed by atoms with Gasteiger partial charge < -0.3 is 10.1 Å². The van der Waals surface area contributed by atoms with Gasteiger partial charge in [-0.3, -0.25) is 9.59 Å². The molecule has 0 aliphatic heterocycles. The van der Waals surface area contributed by atoms with E-state index in [0.29, 0.717) is 17.9 Å². The second-order valence-electron chi connectivity index (χ2n) is 6.36. The standard InChI is InChI=1S/C23H20FN3O3/c24-20-11-9-18(10-12-20)16-30-21-8-4-7-19(13-21)15-26-27-23(29)22(28)25-14-17-5-2-1-3-6-17/h1-13,15H,14,16H2,(H,25,28)(H,27,29)/b26-15-. The number of carbonyl (C=O) groups is 2. The van der Waals surface area contributed by atoms with E-state index in [2.05, 4.69) is 15.8 Å². The highest BCUT2D eigenvalue weighted by molar-refractivity contribution is 6.35. The molecule has 0 spiro atoms. The molecule has 3 aromatic carbocycles. The molecule has 2 amide bonds. The molecule has 0 atom stereocenters. The maximum absolute atomic E-state index is 12.9. The molecule has 0 saturated carbocycles. The summed E-state index contributed by atoms with van der Waals surface area (Å²) >= 11 is 0. The summed E-state index contributed by atoms with van der Waals surface area (Å²) in [6, 6.07) is 22.4. The summed E-state index contributed by atoms with van der Waals surface area (Å²) in [6.07, 6.45) is 1.41. The van der Waals surface area contributed by atoms with Crippen molar-refractivity contribution in [2.75, 3.05) is 0 Å². The van der Waals surface area contributed by atoms with E-state index >= 15 is 0 Å². The van der Waals surface area contributed by atoms with Gasteiger partial charge in [-0.2, -0.15) is 5.10 Å². The highest BCUT2D eigenvalue weighted by Crippen LogP contribution is 2.14. The lowest BCUT2D eigenvalue weighted by Crippen LogP contribution is -2.37. The molecule has 0 fully saturated rings. The Hall–Kier alpha value is -4.00.